The standard InChI is InChI=1S/C25H36N4O2/c1-6-19(7-2)25(31)28-14-12-20(13-15-28)27-24(30)22-16-26-29(23(22)17(3)4)21-10-8-18(5)9-11-21/h8-11,16-17,19-20H,6-7,12-15H2,1-5H3,(H,27,30). The zero-order chi connectivity index (χ0) is 22.5. The van der Waals surface area contributed by atoms with Gasteiger partial charge in [0.25, 0.3) is 5.91 Å². The topological polar surface area (TPSA) is 67.2 Å². The molecule has 0 radical (unpaired) electrons. The molecule has 1 fully saturated rings. The molecule has 3 rings (SSSR count). The van der Waals surface area contributed by atoms with Crippen LogP contribution in [0.2, 0.25) is 0 Å². The van der Waals surface area contributed by atoms with E-state index in [1.54, 1.807) is 6.20 Å². The molecule has 1 saturated heterocycles. The second-order valence-electron chi connectivity index (χ2n) is 8.93. The molecule has 6 heteroatoms. The number of benzene rings is 1. The summed E-state index contributed by atoms with van der Waals surface area (Å²) in [5, 5.41) is 7.72. The summed E-state index contributed by atoms with van der Waals surface area (Å²) in [4.78, 5) is 27.7. The molecule has 2 aromatic rings. The number of rotatable bonds is 7. The van der Waals surface area contributed by atoms with E-state index in [1.165, 1.54) is 5.56 Å². The Morgan fingerprint density at radius 2 is 1.71 bits per heavy atom. The maximum atomic E-state index is 13.1. The molecule has 2 amide bonds. The summed E-state index contributed by atoms with van der Waals surface area (Å²) in [7, 11) is 0. The zero-order valence-electron chi connectivity index (χ0n) is 19.5. The number of amides is 2. The van der Waals surface area contributed by atoms with E-state index in [9.17, 15) is 9.59 Å². The molecule has 6 nitrogen and oxygen atoms in total. The van der Waals surface area contributed by atoms with Crippen LogP contribution in [0.3, 0.4) is 0 Å². The lowest BCUT2D eigenvalue weighted by atomic mass is 9.98. The molecule has 1 aliphatic heterocycles. The van der Waals surface area contributed by atoms with Crippen LogP contribution in [0.25, 0.3) is 5.69 Å². The molecule has 2 heterocycles. The van der Waals surface area contributed by atoms with Crippen LogP contribution in [0.5, 0.6) is 0 Å². The van der Waals surface area contributed by atoms with E-state index in [0.717, 1.165) is 37.1 Å². The molecule has 0 spiro atoms. The molecule has 168 valence electrons. The average molecular weight is 425 g/mol. The number of nitrogens with one attached hydrogen (secondary N) is 1. The summed E-state index contributed by atoms with van der Waals surface area (Å²) >= 11 is 0. The smallest absolute Gasteiger partial charge is 0.255 e. The highest BCUT2D eigenvalue weighted by Crippen LogP contribution is 2.24. The molecule has 0 aliphatic carbocycles. The third kappa shape index (κ3) is 5.17. The monoisotopic (exact) mass is 424 g/mol. The first-order valence-corrected chi connectivity index (χ1v) is 11.6. The average Bonchev–Trinajstić information content (AvgIpc) is 3.21. The Morgan fingerprint density at radius 1 is 1.10 bits per heavy atom. The van der Waals surface area contributed by atoms with Gasteiger partial charge in [-0.15, -0.1) is 0 Å². The predicted molar refractivity (Wildman–Crippen MR) is 124 cm³/mol. The fourth-order valence-corrected chi connectivity index (χ4v) is 4.38. The van der Waals surface area contributed by atoms with Crippen molar-refractivity contribution < 1.29 is 9.59 Å². The SMILES string of the molecule is CCC(CC)C(=O)N1CCC(NC(=O)c2cnn(-c3ccc(C)cc3)c2C(C)C)CC1. The first-order valence-electron chi connectivity index (χ1n) is 11.6. The van der Waals surface area contributed by atoms with Crippen molar-refractivity contribution in [3.8, 4) is 5.69 Å². The molecule has 0 unspecified atom stereocenters. The summed E-state index contributed by atoms with van der Waals surface area (Å²) < 4.78 is 1.87. The Kier molecular flexibility index (Phi) is 7.52. The molecule has 31 heavy (non-hydrogen) atoms. The summed E-state index contributed by atoms with van der Waals surface area (Å²) in [6.45, 7) is 11.8. The van der Waals surface area contributed by atoms with Crippen molar-refractivity contribution in [2.24, 2.45) is 5.92 Å². The second kappa shape index (κ2) is 10.1. The number of likely N-dealkylation sites (tertiary alicyclic amines) is 1. The van der Waals surface area contributed by atoms with E-state index in [1.807, 2.05) is 21.7 Å². The van der Waals surface area contributed by atoms with Gasteiger partial charge >= 0.3 is 0 Å². The summed E-state index contributed by atoms with van der Waals surface area (Å²) in [5.41, 5.74) is 3.70. The maximum absolute atomic E-state index is 13.1. The van der Waals surface area contributed by atoms with E-state index in [4.69, 9.17) is 0 Å². The molecule has 1 aromatic heterocycles. The molecule has 1 aliphatic rings. The molecule has 0 atom stereocenters. The molecule has 1 N–H and O–H groups in total. The minimum atomic E-state index is -0.0770. The largest absolute Gasteiger partial charge is 0.349 e. The number of hydrogen-bond donors (Lipinski definition) is 1. The van der Waals surface area contributed by atoms with Gasteiger partial charge < -0.3 is 10.2 Å². The van der Waals surface area contributed by atoms with Gasteiger partial charge in [0.05, 0.1) is 23.1 Å². The fourth-order valence-electron chi connectivity index (χ4n) is 4.38. The lowest BCUT2D eigenvalue weighted by Gasteiger charge is -2.34. The number of aryl methyl sites for hydroxylation is 1. The second-order valence-corrected chi connectivity index (χ2v) is 8.93. The lowest BCUT2D eigenvalue weighted by molar-refractivity contribution is -0.136. The molecule has 0 saturated carbocycles. The van der Waals surface area contributed by atoms with E-state index in [0.29, 0.717) is 18.7 Å². The quantitative estimate of drug-likeness (QED) is 0.713. The Bertz CT molecular complexity index is 889. The number of aromatic nitrogens is 2. The van der Waals surface area contributed by atoms with Gasteiger partial charge in [-0.1, -0.05) is 45.4 Å². The van der Waals surface area contributed by atoms with E-state index in [-0.39, 0.29) is 29.7 Å². The van der Waals surface area contributed by atoms with Crippen LogP contribution in [0.15, 0.2) is 30.5 Å². The molecule has 1 aromatic carbocycles. The van der Waals surface area contributed by atoms with Crippen LogP contribution in [0.4, 0.5) is 0 Å². The number of carbonyl (C=O) groups is 2. The highest BCUT2D eigenvalue weighted by Gasteiger charge is 2.28. The van der Waals surface area contributed by atoms with Gasteiger partial charge in [-0.2, -0.15) is 5.10 Å². The van der Waals surface area contributed by atoms with Crippen LogP contribution in [-0.4, -0.2) is 45.6 Å². The van der Waals surface area contributed by atoms with Gasteiger partial charge in [-0.05, 0) is 50.7 Å². The van der Waals surface area contributed by atoms with E-state index >= 15 is 0 Å². The van der Waals surface area contributed by atoms with Gasteiger partial charge in [0.15, 0.2) is 0 Å². The maximum Gasteiger partial charge on any atom is 0.255 e. The van der Waals surface area contributed by atoms with Crippen molar-refractivity contribution in [2.75, 3.05) is 13.1 Å². The van der Waals surface area contributed by atoms with E-state index in [2.05, 4.69) is 57.2 Å². The third-order valence-corrected chi connectivity index (χ3v) is 6.35. The number of piperidine rings is 1. The third-order valence-electron chi connectivity index (χ3n) is 6.35. The van der Waals surface area contributed by atoms with Crippen molar-refractivity contribution in [3.05, 3.63) is 47.3 Å². The van der Waals surface area contributed by atoms with Crippen molar-refractivity contribution in [1.29, 1.82) is 0 Å². The van der Waals surface area contributed by atoms with E-state index < -0.39 is 0 Å². The summed E-state index contributed by atoms with van der Waals surface area (Å²) in [6, 6.07) is 8.25. The van der Waals surface area contributed by atoms with Gasteiger partial charge in [0.1, 0.15) is 0 Å². The Balaban J connectivity index is 1.68. The number of nitrogens with zero attached hydrogens (tertiary/aromatic N) is 3. The first-order chi connectivity index (χ1) is 14.8. The summed E-state index contributed by atoms with van der Waals surface area (Å²) in [6.07, 6.45) is 5.03. The highest BCUT2D eigenvalue weighted by molar-refractivity contribution is 5.95. The Morgan fingerprint density at radius 3 is 2.26 bits per heavy atom. The molecular formula is C25H36N4O2. The van der Waals surface area contributed by atoms with Crippen LogP contribution < -0.4 is 5.32 Å². The zero-order valence-corrected chi connectivity index (χ0v) is 19.5. The summed E-state index contributed by atoms with van der Waals surface area (Å²) in [5.74, 6) is 0.458. The van der Waals surface area contributed by atoms with Crippen molar-refractivity contribution in [3.63, 3.8) is 0 Å². The molecular weight excluding hydrogens is 388 g/mol. The number of carbonyl (C=O) groups excluding carboxylic acids is 2. The Labute approximate surface area is 186 Å². The minimum absolute atomic E-state index is 0.0770. The van der Waals surface area contributed by atoms with Gasteiger partial charge in [0, 0.05) is 25.0 Å². The van der Waals surface area contributed by atoms with Crippen LogP contribution in [0.1, 0.15) is 80.9 Å². The number of hydrogen-bond acceptors (Lipinski definition) is 3. The van der Waals surface area contributed by atoms with Crippen LogP contribution in [0, 0.1) is 12.8 Å². The fraction of sp³-hybridized carbons (Fsp3) is 0.560. The minimum Gasteiger partial charge on any atom is -0.349 e. The van der Waals surface area contributed by atoms with Crippen molar-refractivity contribution in [2.45, 2.75) is 72.3 Å². The highest BCUT2D eigenvalue weighted by atomic mass is 16.2. The first kappa shape index (κ1) is 23.0. The van der Waals surface area contributed by atoms with Crippen molar-refractivity contribution >= 4 is 11.8 Å². The molecule has 0 bridgehead atoms. The van der Waals surface area contributed by atoms with Gasteiger partial charge in [-0.25, -0.2) is 4.68 Å². The normalized spacial score (nSPS) is 15.0. The van der Waals surface area contributed by atoms with Crippen LogP contribution in [-0.2, 0) is 4.79 Å². The van der Waals surface area contributed by atoms with Gasteiger partial charge in [-0.3, -0.25) is 9.59 Å². The predicted octanol–water partition coefficient (Wildman–Crippen LogP) is 4.46. The lowest BCUT2D eigenvalue weighted by Crippen LogP contribution is -2.48. The van der Waals surface area contributed by atoms with Crippen molar-refractivity contribution in [1.82, 2.24) is 20.0 Å². The van der Waals surface area contributed by atoms with Crippen LogP contribution >= 0.6 is 0 Å². The Hall–Kier alpha value is -2.63. The van der Waals surface area contributed by atoms with Gasteiger partial charge in [0.2, 0.25) is 5.91 Å².